The molecule has 0 radical (unpaired) electrons. The molecule has 1 rings (SSSR count). The van der Waals surface area contributed by atoms with Crippen LogP contribution in [0.1, 0.15) is 22.6 Å². The molecule has 0 saturated heterocycles. The highest BCUT2D eigenvalue weighted by Gasteiger charge is 2.20. The Morgan fingerprint density at radius 3 is 2.53 bits per heavy atom. The Balaban J connectivity index is 3.24. The fourth-order valence-electron chi connectivity index (χ4n) is 1.58. The minimum atomic E-state index is -0.878. The van der Waals surface area contributed by atoms with Crippen LogP contribution in [0, 0.1) is 13.8 Å². The van der Waals surface area contributed by atoms with Gasteiger partial charge in [-0.1, -0.05) is 22.0 Å². The van der Waals surface area contributed by atoms with Gasteiger partial charge in [0.15, 0.2) is 0 Å². The summed E-state index contributed by atoms with van der Waals surface area (Å²) >= 11 is 3.39. The molecular weight excluding hydrogens is 258 g/mol. The second-order valence-corrected chi connectivity index (χ2v) is 4.44. The van der Waals surface area contributed by atoms with E-state index < -0.39 is 11.9 Å². The summed E-state index contributed by atoms with van der Waals surface area (Å²) in [5, 5.41) is 9.02. The monoisotopic (exact) mass is 271 g/mol. The van der Waals surface area contributed by atoms with Gasteiger partial charge in [-0.25, -0.2) is 0 Å². The lowest BCUT2D eigenvalue weighted by Crippen LogP contribution is -2.22. The predicted octanol–water partition coefficient (Wildman–Crippen LogP) is 2.19. The van der Waals surface area contributed by atoms with Gasteiger partial charge in [0, 0.05) is 11.0 Å². The predicted molar refractivity (Wildman–Crippen MR) is 63.0 cm³/mol. The molecule has 0 aromatic heterocycles. The van der Waals surface area contributed by atoms with Crippen LogP contribution in [0.15, 0.2) is 16.6 Å². The van der Waals surface area contributed by atoms with Crippen LogP contribution in [-0.4, -0.2) is 17.6 Å². The zero-order valence-electron chi connectivity index (χ0n) is 8.75. The summed E-state index contributed by atoms with van der Waals surface area (Å²) in [6.07, 6.45) is 0. The molecule has 0 fully saturated rings. The number of hydrogen-bond donors (Lipinski definition) is 2. The van der Waals surface area contributed by atoms with Gasteiger partial charge >= 0.3 is 5.97 Å². The normalized spacial score (nSPS) is 12.5. The standard InChI is InChI=1S/C11H14BrNO2/c1-6-3-7(2)10(12)4-8(6)9(5-13)11(14)15/h3-4,9H,5,13H2,1-2H3,(H,14,15). The van der Waals surface area contributed by atoms with E-state index in [0.29, 0.717) is 0 Å². The van der Waals surface area contributed by atoms with Crippen molar-refractivity contribution in [2.24, 2.45) is 5.73 Å². The summed E-state index contributed by atoms with van der Waals surface area (Å²) < 4.78 is 0.919. The van der Waals surface area contributed by atoms with E-state index in [2.05, 4.69) is 15.9 Å². The van der Waals surface area contributed by atoms with Crippen LogP contribution in [-0.2, 0) is 4.79 Å². The maximum Gasteiger partial charge on any atom is 0.312 e. The van der Waals surface area contributed by atoms with E-state index in [-0.39, 0.29) is 6.54 Å². The van der Waals surface area contributed by atoms with Crippen LogP contribution >= 0.6 is 15.9 Å². The van der Waals surface area contributed by atoms with Gasteiger partial charge in [0.2, 0.25) is 0 Å². The molecule has 0 aliphatic heterocycles. The highest BCUT2D eigenvalue weighted by Crippen LogP contribution is 2.26. The zero-order chi connectivity index (χ0) is 11.6. The van der Waals surface area contributed by atoms with E-state index in [1.165, 1.54) is 0 Å². The maximum atomic E-state index is 11.0. The Labute approximate surface area is 97.4 Å². The van der Waals surface area contributed by atoms with E-state index in [1.54, 1.807) is 0 Å². The third kappa shape index (κ3) is 2.58. The van der Waals surface area contributed by atoms with Gasteiger partial charge in [-0.3, -0.25) is 4.79 Å². The van der Waals surface area contributed by atoms with E-state index in [0.717, 1.165) is 21.2 Å². The van der Waals surface area contributed by atoms with Crippen molar-refractivity contribution in [1.82, 2.24) is 0 Å². The second-order valence-electron chi connectivity index (χ2n) is 3.58. The van der Waals surface area contributed by atoms with Crippen molar-refractivity contribution in [3.8, 4) is 0 Å². The quantitative estimate of drug-likeness (QED) is 0.886. The van der Waals surface area contributed by atoms with Gasteiger partial charge in [0.05, 0.1) is 5.92 Å². The molecule has 15 heavy (non-hydrogen) atoms. The van der Waals surface area contributed by atoms with Crippen molar-refractivity contribution in [2.45, 2.75) is 19.8 Å². The molecule has 4 heteroatoms. The van der Waals surface area contributed by atoms with Crippen LogP contribution in [0.2, 0.25) is 0 Å². The highest BCUT2D eigenvalue weighted by atomic mass is 79.9. The van der Waals surface area contributed by atoms with Crippen LogP contribution in [0.3, 0.4) is 0 Å². The lowest BCUT2D eigenvalue weighted by molar-refractivity contribution is -0.138. The Bertz CT molecular complexity index is 390. The average Bonchev–Trinajstić information content (AvgIpc) is 2.14. The van der Waals surface area contributed by atoms with Crippen LogP contribution < -0.4 is 5.73 Å². The number of halogens is 1. The van der Waals surface area contributed by atoms with Gasteiger partial charge in [-0.05, 0) is 36.6 Å². The third-order valence-electron chi connectivity index (χ3n) is 2.46. The van der Waals surface area contributed by atoms with E-state index in [9.17, 15) is 4.79 Å². The minimum Gasteiger partial charge on any atom is -0.481 e. The van der Waals surface area contributed by atoms with Gasteiger partial charge in [0.25, 0.3) is 0 Å². The molecule has 1 atom stereocenters. The number of nitrogens with two attached hydrogens (primary N) is 1. The van der Waals surface area contributed by atoms with Crippen molar-refractivity contribution in [2.75, 3.05) is 6.54 Å². The molecule has 0 amide bonds. The second kappa shape index (κ2) is 4.77. The first-order valence-electron chi connectivity index (χ1n) is 4.67. The lowest BCUT2D eigenvalue weighted by Gasteiger charge is -2.14. The number of hydrogen-bond acceptors (Lipinski definition) is 2. The van der Waals surface area contributed by atoms with Crippen molar-refractivity contribution in [3.05, 3.63) is 33.3 Å². The largest absolute Gasteiger partial charge is 0.481 e. The smallest absolute Gasteiger partial charge is 0.312 e. The van der Waals surface area contributed by atoms with Gasteiger partial charge in [-0.2, -0.15) is 0 Å². The van der Waals surface area contributed by atoms with Crippen molar-refractivity contribution < 1.29 is 9.90 Å². The summed E-state index contributed by atoms with van der Waals surface area (Å²) in [4.78, 5) is 11.0. The third-order valence-corrected chi connectivity index (χ3v) is 3.31. The maximum absolute atomic E-state index is 11.0. The number of aryl methyl sites for hydroxylation is 2. The fourth-order valence-corrected chi connectivity index (χ4v) is 1.94. The number of aliphatic carboxylic acids is 1. The molecule has 0 aliphatic carbocycles. The van der Waals surface area contributed by atoms with Gasteiger partial charge < -0.3 is 10.8 Å². The first-order chi connectivity index (χ1) is 6.97. The van der Waals surface area contributed by atoms with Gasteiger partial charge in [-0.15, -0.1) is 0 Å². The Morgan fingerprint density at radius 2 is 2.07 bits per heavy atom. The summed E-state index contributed by atoms with van der Waals surface area (Å²) in [6.45, 7) is 3.99. The Kier molecular flexibility index (Phi) is 3.88. The Morgan fingerprint density at radius 1 is 1.47 bits per heavy atom. The molecule has 0 bridgehead atoms. The number of carboxylic acids is 1. The summed E-state index contributed by atoms with van der Waals surface area (Å²) in [7, 11) is 0. The van der Waals surface area contributed by atoms with Crippen molar-refractivity contribution >= 4 is 21.9 Å². The number of carbonyl (C=O) groups is 1. The first-order valence-corrected chi connectivity index (χ1v) is 5.46. The number of rotatable bonds is 3. The summed E-state index contributed by atoms with van der Waals surface area (Å²) in [5.74, 6) is -1.50. The van der Waals surface area contributed by atoms with Gasteiger partial charge in [0.1, 0.15) is 0 Å². The molecule has 3 nitrogen and oxygen atoms in total. The molecule has 1 unspecified atom stereocenters. The summed E-state index contributed by atoms with van der Waals surface area (Å²) in [5.41, 5.74) is 8.31. The fraction of sp³-hybridized carbons (Fsp3) is 0.364. The van der Waals surface area contributed by atoms with E-state index in [1.807, 2.05) is 26.0 Å². The highest BCUT2D eigenvalue weighted by molar-refractivity contribution is 9.10. The lowest BCUT2D eigenvalue weighted by atomic mass is 9.94. The molecular formula is C11H14BrNO2. The number of benzene rings is 1. The topological polar surface area (TPSA) is 63.3 Å². The molecule has 82 valence electrons. The SMILES string of the molecule is Cc1cc(C)c(C(CN)C(=O)O)cc1Br. The minimum absolute atomic E-state index is 0.117. The van der Waals surface area contributed by atoms with Crippen LogP contribution in [0.5, 0.6) is 0 Å². The molecule has 3 N–H and O–H groups in total. The van der Waals surface area contributed by atoms with E-state index >= 15 is 0 Å². The Hall–Kier alpha value is -0.870. The average molecular weight is 272 g/mol. The number of carboxylic acid groups (broad SMARTS) is 1. The molecule has 0 saturated carbocycles. The van der Waals surface area contributed by atoms with E-state index in [4.69, 9.17) is 10.8 Å². The molecule has 1 aromatic carbocycles. The van der Waals surface area contributed by atoms with Crippen LogP contribution in [0.25, 0.3) is 0 Å². The zero-order valence-corrected chi connectivity index (χ0v) is 10.3. The van der Waals surface area contributed by atoms with Crippen molar-refractivity contribution in [1.29, 1.82) is 0 Å². The van der Waals surface area contributed by atoms with Crippen LogP contribution in [0.4, 0.5) is 0 Å². The molecule has 0 heterocycles. The molecule has 1 aromatic rings. The first kappa shape index (κ1) is 12.2. The summed E-state index contributed by atoms with van der Waals surface area (Å²) in [6, 6.07) is 3.81. The molecule has 0 aliphatic rings. The van der Waals surface area contributed by atoms with Crippen molar-refractivity contribution in [3.63, 3.8) is 0 Å². The molecule has 0 spiro atoms.